The van der Waals surface area contributed by atoms with Gasteiger partial charge >= 0.3 is 0 Å². The van der Waals surface area contributed by atoms with Gasteiger partial charge in [0.05, 0.1) is 38.4 Å². The summed E-state index contributed by atoms with van der Waals surface area (Å²) in [7, 11) is 4.90. The normalized spacial score (nSPS) is 15.0. The molecule has 1 atom stereocenters. The Morgan fingerprint density at radius 2 is 1.56 bits per heavy atom. The number of methoxy groups -OCH3 is 3. The topological polar surface area (TPSA) is 57.5 Å². The van der Waals surface area contributed by atoms with Gasteiger partial charge < -0.3 is 19.5 Å². The number of halogens is 1. The summed E-state index contributed by atoms with van der Waals surface area (Å²) in [5, 5.41) is 4.17. The second kappa shape index (κ2) is 8.13. The van der Waals surface area contributed by atoms with Crippen molar-refractivity contribution in [2.45, 2.75) is 6.04 Å². The monoisotopic (exact) mass is 447 g/mol. The van der Waals surface area contributed by atoms with Crippen molar-refractivity contribution in [3.05, 3.63) is 82.9 Å². The number of benzene rings is 3. The van der Waals surface area contributed by atoms with Crippen molar-refractivity contribution in [3.8, 4) is 17.2 Å². The Hall–Kier alpha value is -3.64. The molecule has 0 saturated heterocycles. The van der Waals surface area contributed by atoms with Gasteiger partial charge in [-0.3, -0.25) is 4.57 Å². The van der Waals surface area contributed by atoms with Crippen molar-refractivity contribution in [2.75, 3.05) is 26.6 Å². The molecule has 1 aliphatic rings. The molecule has 0 radical (unpaired) electrons. The van der Waals surface area contributed by atoms with Crippen LogP contribution in [0.15, 0.2) is 66.7 Å². The number of hydrogen-bond acceptors (Lipinski definition) is 5. The first kappa shape index (κ1) is 20.3. The van der Waals surface area contributed by atoms with Crippen LogP contribution in [-0.2, 0) is 0 Å². The summed E-state index contributed by atoms with van der Waals surface area (Å²) in [5.74, 6) is 2.69. The maximum atomic E-state index is 6.11. The van der Waals surface area contributed by atoms with Crippen LogP contribution in [0.5, 0.6) is 17.2 Å². The molecule has 0 bridgehead atoms. The van der Waals surface area contributed by atoms with E-state index in [-0.39, 0.29) is 6.04 Å². The average Bonchev–Trinajstić information content (AvgIpc) is 3.21. The Balaban J connectivity index is 1.76. The van der Waals surface area contributed by atoms with Crippen LogP contribution in [0.4, 0.5) is 5.95 Å². The first-order valence-corrected chi connectivity index (χ1v) is 10.5. The lowest BCUT2D eigenvalue weighted by Gasteiger charge is -2.28. The first-order valence-electron chi connectivity index (χ1n) is 10.1. The lowest BCUT2D eigenvalue weighted by molar-refractivity contribution is 0.346. The van der Waals surface area contributed by atoms with Crippen molar-refractivity contribution < 1.29 is 14.2 Å². The third-order valence-corrected chi connectivity index (χ3v) is 5.91. The molecule has 5 rings (SSSR count). The quantitative estimate of drug-likeness (QED) is 0.420. The van der Waals surface area contributed by atoms with Gasteiger partial charge in [-0.25, -0.2) is 4.98 Å². The molecular formula is C25H22ClN3O3. The summed E-state index contributed by atoms with van der Waals surface area (Å²) in [6.07, 6.45) is 2.16. The van der Waals surface area contributed by atoms with Crippen LogP contribution < -0.4 is 19.5 Å². The van der Waals surface area contributed by atoms with Crippen molar-refractivity contribution in [3.63, 3.8) is 0 Å². The number of hydrogen-bond donors (Lipinski definition) is 1. The zero-order chi connectivity index (χ0) is 22.2. The maximum absolute atomic E-state index is 6.11. The van der Waals surface area contributed by atoms with Crippen molar-refractivity contribution in [2.24, 2.45) is 0 Å². The largest absolute Gasteiger partial charge is 0.496 e. The molecule has 0 fully saturated rings. The van der Waals surface area contributed by atoms with E-state index in [0.717, 1.165) is 33.8 Å². The van der Waals surface area contributed by atoms with E-state index in [0.29, 0.717) is 22.3 Å². The predicted octanol–water partition coefficient (Wildman–Crippen LogP) is 5.77. The minimum absolute atomic E-state index is 0.195. The number of nitrogens with one attached hydrogen (secondary N) is 1. The van der Waals surface area contributed by atoms with Gasteiger partial charge in [0.25, 0.3) is 0 Å². The van der Waals surface area contributed by atoms with Gasteiger partial charge in [-0.05, 0) is 42.0 Å². The Morgan fingerprint density at radius 3 is 2.28 bits per heavy atom. The highest BCUT2D eigenvalue weighted by molar-refractivity contribution is 6.30. The first-order chi connectivity index (χ1) is 15.6. The van der Waals surface area contributed by atoms with Crippen molar-refractivity contribution in [1.29, 1.82) is 0 Å². The Kier molecular flexibility index (Phi) is 5.15. The van der Waals surface area contributed by atoms with Crippen LogP contribution in [0, 0.1) is 0 Å². The van der Waals surface area contributed by atoms with E-state index >= 15 is 0 Å². The highest BCUT2D eigenvalue weighted by Gasteiger charge is 2.28. The molecule has 0 spiro atoms. The zero-order valence-corrected chi connectivity index (χ0v) is 18.7. The van der Waals surface area contributed by atoms with Crippen LogP contribution in [-0.4, -0.2) is 30.9 Å². The predicted molar refractivity (Wildman–Crippen MR) is 127 cm³/mol. The SMILES string of the molecule is COc1cc(OC)c([C@H]2C=C(c3ccc(Cl)cc3)Nc3nc4ccccc4n32)cc1OC. The second-order valence-corrected chi connectivity index (χ2v) is 7.84. The fourth-order valence-electron chi connectivity index (χ4n) is 4.12. The number of aromatic nitrogens is 2. The molecule has 32 heavy (non-hydrogen) atoms. The summed E-state index contributed by atoms with van der Waals surface area (Å²) in [6, 6.07) is 19.4. The Bertz CT molecular complexity index is 1330. The summed E-state index contributed by atoms with van der Waals surface area (Å²) in [6.45, 7) is 0. The number of nitrogens with zero attached hydrogens (tertiary/aromatic N) is 2. The molecule has 2 heterocycles. The third-order valence-electron chi connectivity index (χ3n) is 5.65. The molecule has 3 aromatic carbocycles. The molecule has 0 saturated carbocycles. The summed E-state index contributed by atoms with van der Waals surface area (Å²) < 4.78 is 19.0. The number of allylic oxidation sites excluding steroid dienone is 1. The van der Waals surface area contributed by atoms with Crippen LogP contribution in [0.3, 0.4) is 0 Å². The minimum atomic E-state index is -0.195. The average molecular weight is 448 g/mol. The molecule has 1 aliphatic heterocycles. The molecule has 1 aromatic heterocycles. The van der Waals surface area contributed by atoms with Gasteiger partial charge in [-0.15, -0.1) is 0 Å². The second-order valence-electron chi connectivity index (χ2n) is 7.40. The van der Waals surface area contributed by atoms with E-state index in [1.807, 2.05) is 54.6 Å². The van der Waals surface area contributed by atoms with E-state index in [1.54, 1.807) is 21.3 Å². The highest BCUT2D eigenvalue weighted by atomic mass is 35.5. The van der Waals surface area contributed by atoms with Gasteiger partial charge in [0.15, 0.2) is 11.5 Å². The number of rotatable bonds is 5. The molecule has 1 N–H and O–H groups in total. The number of para-hydroxylation sites is 2. The smallest absolute Gasteiger partial charge is 0.209 e. The molecule has 0 unspecified atom stereocenters. The van der Waals surface area contributed by atoms with E-state index in [2.05, 4.69) is 22.0 Å². The van der Waals surface area contributed by atoms with Gasteiger partial charge in [0, 0.05) is 22.3 Å². The zero-order valence-electron chi connectivity index (χ0n) is 17.9. The fourth-order valence-corrected chi connectivity index (χ4v) is 4.25. The molecule has 7 heteroatoms. The summed E-state index contributed by atoms with van der Waals surface area (Å²) in [5.41, 5.74) is 4.81. The van der Waals surface area contributed by atoms with Gasteiger partial charge in [-0.1, -0.05) is 35.9 Å². The van der Waals surface area contributed by atoms with Crippen LogP contribution in [0.1, 0.15) is 17.2 Å². The standard InChI is InChI=1S/C25H22ClN3O3/c1-30-22-14-24(32-3)23(31-2)12-17(22)21-13-19(15-8-10-16(26)11-9-15)28-25-27-18-6-4-5-7-20(18)29(21)25/h4-14,21H,1-3H3,(H,27,28)/t21-/m1/s1. The van der Waals surface area contributed by atoms with E-state index < -0.39 is 0 Å². The molecule has 4 aromatic rings. The molecule has 0 amide bonds. The summed E-state index contributed by atoms with van der Waals surface area (Å²) >= 11 is 6.11. The molecule has 162 valence electrons. The highest BCUT2D eigenvalue weighted by Crippen LogP contribution is 2.43. The van der Waals surface area contributed by atoms with E-state index in [9.17, 15) is 0 Å². The van der Waals surface area contributed by atoms with Gasteiger partial charge in [-0.2, -0.15) is 0 Å². The Labute approximate surface area is 191 Å². The van der Waals surface area contributed by atoms with E-state index in [4.69, 9.17) is 30.8 Å². The van der Waals surface area contributed by atoms with E-state index in [1.165, 1.54) is 0 Å². The van der Waals surface area contributed by atoms with Crippen molar-refractivity contribution >= 4 is 34.3 Å². The number of imidazole rings is 1. The Morgan fingerprint density at radius 1 is 0.875 bits per heavy atom. The van der Waals surface area contributed by atoms with Gasteiger partial charge in [0.1, 0.15) is 5.75 Å². The lowest BCUT2D eigenvalue weighted by atomic mass is 9.99. The number of anilines is 1. The van der Waals surface area contributed by atoms with Crippen LogP contribution >= 0.6 is 11.6 Å². The minimum Gasteiger partial charge on any atom is -0.496 e. The third kappa shape index (κ3) is 3.33. The van der Waals surface area contributed by atoms with Crippen molar-refractivity contribution in [1.82, 2.24) is 9.55 Å². The number of fused-ring (bicyclic) bond motifs is 3. The lowest BCUT2D eigenvalue weighted by Crippen LogP contribution is -2.19. The van der Waals surface area contributed by atoms with Crippen LogP contribution in [0.2, 0.25) is 5.02 Å². The summed E-state index contributed by atoms with van der Waals surface area (Å²) in [4.78, 5) is 4.84. The van der Waals surface area contributed by atoms with Gasteiger partial charge in [0.2, 0.25) is 5.95 Å². The van der Waals surface area contributed by atoms with Crippen LogP contribution in [0.25, 0.3) is 16.7 Å². The molecular weight excluding hydrogens is 426 g/mol. The maximum Gasteiger partial charge on any atom is 0.209 e. The fraction of sp³-hybridized carbons (Fsp3) is 0.160. The molecule has 0 aliphatic carbocycles. The number of ether oxygens (including phenoxy) is 3. The molecule has 6 nitrogen and oxygen atoms in total.